The maximum Gasteiger partial charge on any atom is 0.0474 e. The maximum absolute atomic E-state index is 5.81. The molecule has 0 spiro atoms. The summed E-state index contributed by atoms with van der Waals surface area (Å²) in [4.78, 5) is 0. The van der Waals surface area contributed by atoms with E-state index in [-0.39, 0.29) is 0 Å². The van der Waals surface area contributed by atoms with Crippen molar-refractivity contribution in [3.8, 4) is 0 Å². The Kier molecular flexibility index (Phi) is 3.38. The van der Waals surface area contributed by atoms with Gasteiger partial charge in [0.2, 0.25) is 0 Å². The van der Waals surface area contributed by atoms with Crippen LogP contribution in [0.1, 0.15) is 5.56 Å². The summed E-state index contributed by atoms with van der Waals surface area (Å²) in [5.74, 6) is 0.598. The predicted molar refractivity (Wildman–Crippen MR) is 76.8 cm³/mol. The van der Waals surface area contributed by atoms with Gasteiger partial charge >= 0.3 is 0 Å². The lowest BCUT2D eigenvalue weighted by molar-refractivity contribution is 1.42. The highest BCUT2D eigenvalue weighted by molar-refractivity contribution is 14.1. The van der Waals surface area contributed by atoms with Crippen LogP contribution in [0.2, 0.25) is 0 Å². The zero-order chi connectivity index (χ0) is 9.42. The van der Waals surface area contributed by atoms with Crippen molar-refractivity contribution >= 4 is 78.2 Å². The fourth-order valence-corrected chi connectivity index (χ4v) is 5.10. The Morgan fingerprint density at radius 2 is 2.00 bits per heavy atom. The SMILES string of the molecule is ClCc1cc(I)c2c(I)csc2c1. The summed E-state index contributed by atoms with van der Waals surface area (Å²) in [6.45, 7) is 0. The Bertz CT molecular complexity index is 450. The van der Waals surface area contributed by atoms with Crippen molar-refractivity contribution in [2.45, 2.75) is 5.88 Å². The Morgan fingerprint density at radius 3 is 2.69 bits per heavy atom. The first-order valence-corrected chi connectivity index (χ1v) is 7.20. The maximum atomic E-state index is 5.81. The Balaban J connectivity index is 2.79. The van der Waals surface area contributed by atoms with Crippen LogP contribution in [0.3, 0.4) is 0 Å². The van der Waals surface area contributed by atoms with Gasteiger partial charge in [0.15, 0.2) is 0 Å². The molecule has 1 aromatic carbocycles. The Morgan fingerprint density at radius 1 is 1.23 bits per heavy atom. The van der Waals surface area contributed by atoms with Crippen molar-refractivity contribution in [2.24, 2.45) is 0 Å². The minimum Gasteiger partial charge on any atom is -0.143 e. The molecule has 0 saturated carbocycles. The van der Waals surface area contributed by atoms with E-state index < -0.39 is 0 Å². The topological polar surface area (TPSA) is 0 Å². The molecule has 0 amide bonds. The normalized spacial score (nSPS) is 11.0. The molecule has 0 nitrogen and oxygen atoms in total. The molecule has 2 aromatic rings. The molecule has 0 unspecified atom stereocenters. The van der Waals surface area contributed by atoms with Gasteiger partial charge < -0.3 is 0 Å². The average Bonchev–Trinajstić information content (AvgIpc) is 2.48. The number of fused-ring (bicyclic) bond motifs is 1. The second-order valence-corrected chi connectivity index (χ2v) is 6.17. The molecule has 0 saturated heterocycles. The van der Waals surface area contributed by atoms with E-state index in [1.54, 1.807) is 11.3 Å². The van der Waals surface area contributed by atoms with Gasteiger partial charge in [0.1, 0.15) is 0 Å². The van der Waals surface area contributed by atoms with Gasteiger partial charge in [-0.15, -0.1) is 22.9 Å². The van der Waals surface area contributed by atoms with Gasteiger partial charge in [0, 0.05) is 28.5 Å². The van der Waals surface area contributed by atoms with E-state index in [0.29, 0.717) is 5.88 Å². The summed E-state index contributed by atoms with van der Waals surface area (Å²) < 4.78 is 3.98. The third-order valence-corrected chi connectivity index (χ3v) is 5.16. The van der Waals surface area contributed by atoms with E-state index in [1.165, 1.54) is 22.8 Å². The summed E-state index contributed by atoms with van der Waals surface area (Å²) in [6.07, 6.45) is 0. The smallest absolute Gasteiger partial charge is 0.0474 e. The van der Waals surface area contributed by atoms with Crippen LogP contribution in [0.5, 0.6) is 0 Å². The number of hydrogen-bond donors (Lipinski definition) is 0. The molecule has 0 aliphatic carbocycles. The number of rotatable bonds is 1. The largest absolute Gasteiger partial charge is 0.143 e. The molecule has 2 rings (SSSR count). The average molecular weight is 434 g/mol. The van der Waals surface area contributed by atoms with Crippen molar-refractivity contribution in [3.05, 3.63) is 30.2 Å². The van der Waals surface area contributed by atoms with Gasteiger partial charge in [-0.1, -0.05) is 0 Å². The molecule has 4 heteroatoms. The quantitative estimate of drug-likeness (QED) is 0.445. The summed E-state index contributed by atoms with van der Waals surface area (Å²) in [6, 6.07) is 4.34. The highest BCUT2D eigenvalue weighted by Gasteiger charge is 2.06. The van der Waals surface area contributed by atoms with Crippen LogP contribution in [-0.4, -0.2) is 0 Å². The van der Waals surface area contributed by atoms with E-state index >= 15 is 0 Å². The van der Waals surface area contributed by atoms with Crippen LogP contribution >= 0.6 is 68.1 Å². The summed E-state index contributed by atoms with van der Waals surface area (Å²) in [7, 11) is 0. The molecule has 68 valence electrons. The fraction of sp³-hybridized carbons (Fsp3) is 0.111. The lowest BCUT2D eigenvalue weighted by Crippen LogP contribution is -1.81. The van der Waals surface area contributed by atoms with Crippen LogP contribution < -0.4 is 0 Å². The van der Waals surface area contributed by atoms with E-state index in [4.69, 9.17) is 11.6 Å². The molecular formula is C9H5ClI2S. The van der Waals surface area contributed by atoms with Crippen LogP contribution in [0.25, 0.3) is 10.1 Å². The minimum atomic E-state index is 0.598. The molecule has 0 aliphatic rings. The second-order valence-electron chi connectivity index (χ2n) is 2.67. The molecule has 0 bridgehead atoms. The van der Waals surface area contributed by atoms with Crippen molar-refractivity contribution in [1.82, 2.24) is 0 Å². The number of thiophene rings is 1. The first-order chi connectivity index (χ1) is 6.22. The van der Waals surface area contributed by atoms with Gasteiger partial charge in [-0.05, 0) is 62.9 Å². The number of benzene rings is 1. The highest BCUT2D eigenvalue weighted by Crippen LogP contribution is 2.32. The van der Waals surface area contributed by atoms with Gasteiger partial charge in [-0.2, -0.15) is 0 Å². The van der Waals surface area contributed by atoms with Gasteiger partial charge in [-0.25, -0.2) is 0 Å². The monoisotopic (exact) mass is 434 g/mol. The van der Waals surface area contributed by atoms with Crippen LogP contribution in [0, 0.1) is 7.14 Å². The van der Waals surface area contributed by atoms with Crippen molar-refractivity contribution in [3.63, 3.8) is 0 Å². The summed E-state index contributed by atoms with van der Waals surface area (Å²) in [5.41, 5.74) is 1.21. The Labute approximate surface area is 113 Å². The zero-order valence-corrected chi connectivity index (χ0v) is 12.4. The zero-order valence-electron chi connectivity index (χ0n) is 6.48. The van der Waals surface area contributed by atoms with Crippen LogP contribution in [0.4, 0.5) is 0 Å². The number of halogens is 3. The Hall–Kier alpha value is 0.930. The van der Waals surface area contributed by atoms with E-state index in [9.17, 15) is 0 Å². The van der Waals surface area contributed by atoms with Crippen LogP contribution in [-0.2, 0) is 5.88 Å². The molecular weight excluding hydrogens is 429 g/mol. The summed E-state index contributed by atoms with van der Waals surface area (Å²) in [5, 5.41) is 3.56. The van der Waals surface area contributed by atoms with E-state index in [0.717, 1.165) is 0 Å². The van der Waals surface area contributed by atoms with Gasteiger partial charge in [0.25, 0.3) is 0 Å². The third kappa shape index (κ3) is 1.98. The lowest BCUT2D eigenvalue weighted by Gasteiger charge is -1.99. The van der Waals surface area contributed by atoms with Crippen molar-refractivity contribution in [2.75, 3.05) is 0 Å². The molecule has 0 aliphatic heterocycles. The molecule has 0 N–H and O–H groups in total. The first kappa shape index (κ1) is 10.4. The molecule has 0 atom stereocenters. The minimum absolute atomic E-state index is 0.598. The molecule has 0 fully saturated rings. The summed E-state index contributed by atoms with van der Waals surface area (Å²) >= 11 is 12.3. The third-order valence-electron chi connectivity index (χ3n) is 1.80. The molecule has 0 radical (unpaired) electrons. The lowest BCUT2D eigenvalue weighted by atomic mass is 10.2. The highest BCUT2D eigenvalue weighted by atomic mass is 127. The number of alkyl halides is 1. The van der Waals surface area contributed by atoms with Crippen LogP contribution in [0.15, 0.2) is 17.5 Å². The van der Waals surface area contributed by atoms with Crippen molar-refractivity contribution < 1.29 is 0 Å². The second kappa shape index (κ2) is 4.20. The van der Waals surface area contributed by atoms with Gasteiger partial charge in [0.05, 0.1) is 0 Å². The first-order valence-electron chi connectivity index (χ1n) is 3.63. The molecule has 1 heterocycles. The molecule has 1 aromatic heterocycles. The fourth-order valence-electron chi connectivity index (χ4n) is 1.21. The standard InChI is InChI=1S/C9H5ClI2S/c10-3-5-1-6(11)9-7(12)4-13-8(9)2-5/h1-2,4H,3H2. The van der Waals surface area contributed by atoms with E-state index in [1.807, 2.05) is 0 Å². The van der Waals surface area contributed by atoms with E-state index in [2.05, 4.69) is 62.7 Å². The van der Waals surface area contributed by atoms with Gasteiger partial charge in [-0.3, -0.25) is 0 Å². The number of hydrogen-bond acceptors (Lipinski definition) is 1. The predicted octanol–water partition coefficient (Wildman–Crippen LogP) is 4.85. The molecule has 13 heavy (non-hydrogen) atoms. The van der Waals surface area contributed by atoms with Crippen molar-refractivity contribution in [1.29, 1.82) is 0 Å².